The van der Waals surface area contributed by atoms with Crippen LogP contribution in [0.1, 0.15) is 17.7 Å². The van der Waals surface area contributed by atoms with Crippen LogP contribution < -0.4 is 5.73 Å². The minimum Gasteiger partial charge on any atom is -0.772 e. The van der Waals surface area contributed by atoms with Crippen molar-refractivity contribution in [3.8, 4) is 34.3 Å². The lowest BCUT2D eigenvalue weighted by Gasteiger charge is -2.15. The molecule has 4 rings (SSSR count). The molecule has 8 nitrogen and oxygen atoms in total. The molecular weight excluding hydrogens is 390 g/mol. The molecule has 2 N–H and O–H groups in total. The summed E-state index contributed by atoms with van der Waals surface area (Å²) in [4.78, 5) is 8.71. The van der Waals surface area contributed by atoms with E-state index in [4.69, 9.17) is 10.2 Å². The number of rotatable bonds is 5. The molecule has 9 heteroatoms. The van der Waals surface area contributed by atoms with Gasteiger partial charge in [0, 0.05) is 16.4 Å². The van der Waals surface area contributed by atoms with E-state index >= 15 is 0 Å². The van der Waals surface area contributed by atoms with Gasteiger partial charge in [-0.3, -0.25) is 4.21 Å². The number of nitrogens with zero attached hydrogens (tertiary/aromatic N) is 4. The number of nitrogens with two attached hydrogens (primary N) is 1. The van der Waals surface area contributed by atoms with Crippen LogP contribution in [0.4, 0.5) is 5.82 Å². The molecule has 2 unspecified atom stereocenters. The van der Waals surface area contributed by atoms with Crippen molar-refractivity contribution >= 4 is 16.9 Å². The maximum Gasteiger partial charge on any atom is 0.270 e. The van der Waals surface area contributed by atoms with Gasteiger partial charge in [0.15, 0.2) is 11.5 Å². The molecule has 0 aliphatic carbocycles. The normalized spacial score (nSPS) is 13.2. The third-order valence-corrected chi connectivity index (χ3v) is 5.26. The highest BCUT2D eigenvalue weighted by Crippen LogP contribution is 2.28. The fraction of sp³-hybridized carbons (Fsp3) is 0.100. The van der Waals surface area contributed by atoms with E-state index in [2.05, 4.69) is 20.2 Å². The van der Waals surface area contributed by atoms with E-state index in [1.807, 2.05) is 30.3 Å². The van der Waals surface area contributed by atoms with Crippen molar-refractivity contribution in [2.24, 2.45) is 0 Å². The molecule has 0 saturated carbocycles. The summed E-state index contributed by atoms with van der Waals surface area (Å²) in [7, 11) is 0. The standard InChI is InChI=1S/C20H17N5O3S/c1-12(29(26)27)13-7-9-14(10-8-13)16-11-22-18(21)17(23-16)20-25-24-19(28-20)15-5-3-2-4-6-15/h2-12H,1H3,(H2,21,22)(H,26,27)/p-1. The Morgan fingerprint density at radius 1 is 1.00 bits per heavy atom. The minimum atomic E-state index is -2.18. The Labute approximate surface area is 169 Å². The smallest absolute Gasteiger partial charge is 0.270 e. The molecular formula is C20H16N5O3S-. The summed E-state index contributed by atoms with van der Waals surface area (Å²) in [6.07, 6.45) is 1.54. The Morgan fingerprint density at radius 3 is 2.38 bits per heavy atom. The number of anilines is 1. The number of nitrogen functional groups attached to an aromatic ring is 1. The van der Waals surface area contributed by atoms with Crippen LogP contribution in [0.3, 0.4) is 0 Å². The first-order valence-corrected chi connectivity index (χ1v) is 9.87. The van der Waals surface area contributed by atoms with E-state index in [0.29, 0.717) is 17.1 Å². The molecule has 2 aromatic carbocycles. The van der Waals surface area contributed by atoms with Gasteiger partial charge in [0.2, 0.25) is 5.89 Å². The van der Waals surface area contributed by atoms with Gasteiger partial charge in [0.1, 0.15) is 0 Å². The lowest BCUT2D eigenvalue weighted by atomic mass is 10.1. The topological polar surface area (TPSA) is 131 Å². The molecule has 0 fully saturated rings. The maximum absolute atomic E-state index is 11.1. The number of benzene rings is 2. The Bertz CT molecular complexity index is 1160. The molecule has 0 radical (unpaired) electrons. The fourth-order valence-corrected chi connectivity index (χ4v) is 3.13. The SMILES string of the molecule is CC(c1ccc(-c2cnc(N)c(-c3nnc(-c4ccccc4)o3)n2)cc1)S(=O)[O-]. The Hall–Kier alpha value is -3.43. The van der Waals surface area contributed by atoms with Gasteiger partial charge in [0.25, 0.3) is 5.89 Å². The second kappa shape index (κ2) is 7.90. The molecule has 0 saturated heterocycles. The molecule has 0 aliphatic heterocycles. The molecule has 0 aliphatic rings. The quantitative estimate of drug-likeness (QED) is 0.499. The Morgan fingerprint density at radius 2 is 1.69 bits per heavy atom. The zero-order chi connectivity index (χ0) is 20.4. The van der Waals surface area contributed by atoms with E-state index in [1.165, 1.54) is 6.20 Å². The molecule has 29 heavy (non-hydrogen) atoms. The predicted octanol–water partition coefficient (Wildman–Crippen LogP) is 3.38. The zero-order valence-electron chi connectivity index (χ0n) is 15.4. The van der Waals surface area contributed by atoms with E-state index in [-0.39, 0.29) is 17.4 Å². The fourth-order valence-electron chi connectivity index (χ4n) is 2.75. The molecule has 4 aromatic rings. The highest BCUT2D eigenvalue weighted by atomic mass is 32.2. The van der Waals surface area contributed by atoms with Crippen molar-refractivity contribution in [3.05, 3.63) is 66.4 Å². The third kappa shape index (κ3) is 3.91. The van der Waals surface area contributed by atoms with Crippen molar-refractivity contribution in [2.75, 3.05) is 5.73 Å². The van der Waals surface area contributed by atoms with E-state index in [0.717, 1.165) is 11.1 Å². The molecule has 146 valence electrons. The summed E-state index contributed by atoms with van der Waals surface area (Å²) in [5.41, 5.74) is 9.05. The largest absolute Gasteiger partial charge is 0.772 e. The van der Waals surface area contributed by atoms with Crippen molar-refractivity contribution in [1.29, 1.82) is 0 Å². The van der Waals surface area contributed by atoms with Crippen LogP contribution >= 0.6 is 0 Å². The van der Waals surface area contributed by atoms with Gasteiger partial charge in [-0.2, -0.15) is 0 Å². The summed E-state index contributed by atoms with van der Waals surface area (Å²) >= 11 is -2.18. The van der Waals surface area contributed by atoms with Gasteiger partial charge in [-0.25, -0.2) is 9.97 Å². The molecule has 0 spiro atoms. The average Bonchev–Trinajstić information content (AvgIpc) is 3.24. The van der Waals surface area contributed by atoms with Gasteiger partial charge >= 0.3 is 0 Å². The summed E-state index contributed by atoms with van der Waals surface area (Å²) in [6, 6.07) is 16.4. The van der Waals surface area contributed by atoms with Crippen molar-refractivity contribution in [1.82, 2.24) is 20.2 Å². The van der Waals surface area contributed by atoms with Gasteiger partial charge in [0.05, 0.1) is 11.9 Å². The average molecular weight is 406 g/mol. The first kappa shape index (κ1) is 18.9. The van der Waals surface area contributed by atoms with Crippen LogP contribution in [0.15, 0.2) is 65.2 Å². The Balaban J connectivity index is 1.67. The first-order valence-electron chi connectivity index (χ1n) is 8.73. The monoisotopic (exact) mass is 406 g/mol. The number of hydrogen-bond donors (Lipinski definition) is 1. The van der Waals surface area contributed by atoms with Crippen LogP contribution in [0, 0.1) is 0 Å². The van der Waals surface area contributed by atoms with E-state index in [9.17, 15) is 8.76 Å². The van der Waals surface area contributed by atoms with E-state index < -0.39 is 16.3 Å². The van der Waals surface area contributed by atoms with Crippen molar-refractivity contribution < 1.29 is 13.2 Å². The first-order chi connectivity index (χ1) is 14.0. The number of hydrogen-bond acceptors (Lipinski definition) is 8. The van der Waals surface area contributed by atoms with E-state index in [1.54, 1.807) is 31.2 Å². The predicted molar refractivity (Wildman–Crippen MR) is 108 cm³/mol. The van der Waals surface area contributed by atoms with Gasteiger partial charge in [-0.15, -0.1) is 10.2 Å². The minimum absolute atomic E-state index is 0.169. The van der Waals surface area contributed by atoms with Crippen molar-refractivity contribution in [2.45, 2.75) is 12.2 Å². The molecule has 2 atom stereocenters. The number of aromatic nitrogens is 4. The molecule has 0 bridgehead atoms. The molecule has 2 aromatic heterocycles. The highest BCUT2D eigenvalue weighted by Gasteiger charge is 2.17. The second-order valence-electron chi connectivity index (χ2n) is 6.29. The molecule has 2 heterocycles. The van der Waals surface area contributed by atoms with Crippen LogP contribution in [-0.2, 0) is 11.1 Å². The van der Waals surface area contributed by atoms with Crippen LogP contribution in [0.25, 0.3) is 34.3 Å². The molecule has 0 amide bonds. The lowest BCUT2D eigenvalue weighted by Crippen LogP contribution is -2.01. The summed E-state index contributed by atoms with van der Waals surface area (Å²) in [5, 5.41) is 7.51. The van der Waals surface area contributed by atoms with Crippen LogP contribution in [0.2, 0.25) is 0 Å². The zero-order valence-corrected chi connectivity index (χ0v) is 16.2. The Kier molecular flexibility index (Phi) is 5.15. The van der Waals surface area contributed by atoms with Crippen LogP contribution in [-0.4, -0.2) is 28.9 Å². The van der Waals surface area contributed by atoms with Gasteiger partial charge in [-0.05, 0) is 35.7 Å². The second-order valence-corrected chi connectivity index (χ2v) is 7.52. The summed E-state index contributed by atoms with van der Waals surface area (Å²) in [6.45, 7) is 1.62. The van der Waals surface area contributed by atoms with Crippen LogP contribution in [0.5, 0.6) is 0 Å². The summed E-state index contributed by atoms with van der Waals surface area (Å²) in [5.74, 6) is 0.697. The maximum atomic E-state index is 11.1. The summed E-state index contributed by atoms with van der Waals surface area (Å²) < 4.78 is 28.0. The van der Waals surface area contributed by atoms with Gasteiger partial charge < -0.3 is 14.7 Å². The third-order valence-electron chi connectivity index (χ3n) is 4.41. The van der Waals surface area contributed by atoms with Gasteiger partial charge in [-0.1, -0.05) is 42.5 Å². The lowest BCUT2D eigenvalue weighted by molar-refractivity contribution is 0.527. The highest BCUT2D eigenvalue weighted by molar-refractivity contribution is 7.79. The van der Waals surface area contributed by atoms with Crippen molar-refractivity contribution in [3.63, 3.8) is 0 Å².